The summed E-state index contributed by atoms with van der Waals surface area (Å²) >= 11 is 12.3. The molecular weight excluding hydrogens is 403 g/mol. The van der Waals surface area contributed by atoms with Crippen LogP contribution < -0.4 is 5.32 Å². The molecule has 3 aromatic rings. The largest absolute Gasteiger partial charge is 0.326 e. The molecule has 29 heavy (non-hydrogen) atoms. The Hall–Kier alpha value is -2.36. The molecule has 0 spiro atoms. The lowest BCUT2D eigenvalue weighted by Crippen LogP contribution is -2.22. The molecule has 0 saturated heterocycles. The molecule has 1 heterocycles. The van der Waals surface area contributed by atoms with Crippen LogP contribution in [0.1, 0.15) is 37.4 Å². The Kier molecular flexibility index (Phi) is 6.94. The number of aryl methyl sites for hydroxylation is 1. The second-order valence-electron chi connectivity index (χ2n) is 7.64. The summed E-state index contributed by atoms with van der Waals surface area (Å²) in [4.78, 5) is 17.3. The monoisotopic (exact) mass is 426 g/mol. The highest BCUT2D eigenvalue weighted by molar-refractivity contribution is 6.34. The van der Waals surface area contributed by atoms with E-state index in [0.717, 1.165) is 28.1 Å². The van der Waals surface area contributed by atoms with Crippen molar-refractivity contribution in [2.75, 3.05) is 5.32 Å². The molecule has 0 fully saturated rings. The summed E-state index contributed by atoms with van der Waals surface area (Å²) in [5, 5.41) is 4.10. The minimum Gasteiger partial charge on any atom is -0.326 e. The van der Waals surface area contributed by atoms with E-state index in [9.17, 15) is 4.79 Å². The van der Waals surface area contributed by atoms with Crippen molar-refractivity contribution in [3.8, 4) is 11.1 Å². The Morgan fingerprint density at radius 2 is 1.62 bits per heavy atom. The van der Waals surface area contributed by atoms with Crippen LogP contribution in [0.2, 0.25) is 10.0 Å². The van der Waals surface area contributed by atoms with E-state index in [1.807, 2.05) is 55.5 Å². The van der Waals surface area contributed by atoms with E-state index in [1.165, 1.54) is 0 Å². The molecule has 2 aromatic carbocycles. The summed E-state index contributed by atoms with van der Waals surface area (Å²) in [6.45, 7) is 6.16. The molecule has 0 saturated carbocycles. The number of benzene rings is 2. The van der Waals surface area contributed by atoms with E-state index >= 15 is 0 Å². The highest BCUT2D eigenvalue weighted by atomic mass is 35.5. The first-order chi connectivity index (χ1) is 13.8. The van der Waals surface area contributed by atoms with Gasteiger partial charge in [0, 0.05) is 27.6 Å². The molecule has 1 N–H and O–H groups in total. The molecule has 1 atom stereocenters. The van der Waals surface area contributed by atoms with E-state index in [1.54, 1.807) is 12.3 Å². The second-order valence-corrected chi connectivity index (χ2v) is 8.51. The van der Waals surface area contributed by atoms with E-state index in [4.69, 9.17) is 23.2 Å². The van der Waals surface area contributed by atoms with Crippen LogP contribution in [0, 0.1) is 12.8 Å². The SMILES string of the molecule is Cc1cc(-c2ccc(NC(=O)[C@@H](CC(C)C)c3cc(Cl)cc(Cl)c3)cc2)ccn1. The fourth-order valence-electron chi connectivity index (χ4n) is 3.34. The third kappa shape index (κ3) is 5.81. The minimum absolute atomic E-state index is 0.0652. The van der Waals surface area contributed by atoms with E-state index in [-0.39, 0.29) is 11.8 Å². The molecule has 1 aromatic heterocycles. The van der Waals surface area contributed by atoms with Gasteiger partial charge in [0.1, 0.15) is 0 Å². The zero-order chi connectivity index (χ0) is 21.0. The number of aromatic nitrogens is 1. The number of amides is 1. The fourth-order valence-corrected chi connectivity index (χ4v) is 3.89. The van der Waals surface area contributed by atoms with Gasteiger partial charge in [-0.15, -0.1) is 0 Å². The van der Waals surface area contributed by atoms with Crippen LogP contribution >= 0.6 is 23.2 Å². The van der Waals surface area contributed by atoms with Crippen LogP contribution in [0.3, 0.4) is 0 Å². The Morgan fingerprint density at radius 3 is 2.21 bits per heavy atom. The quantitative estimate of drug-likeness (QED) is 0.455. The Labute approximate surface area is 182 Å². The summed E-state index contributed by atoms with van der Waals surface area (Å²) in [7, 11) is 0. The zero-order valence-corrected chi connectivity index (χ0v) is 18.3. The van der Waals surface area contributed by atoms with Crippen molar-refractivity contribution in [2.24, 2.45) is 5.92 Å². The number of nitrogens with zero attached hydrogens (tertiary/aromatic N) is 1. The van der Waals surface area contributed by atoms with Gasteiger partial charge in [-0.05, 0) is 78.4 Å². The van der Waals surface area contributed by atoms with Crippen molar-refractivity contribution in [1.82, 2.24) is 4.98 Å². The van der Waals surface area contributed by atoms with E-state index in [2.05, 4.69) is 24.1 Å². The highest BCUT2D eigenvalue weighted by Gasteiger charge is 2.23. The van der Waals surface area contributed by atoms with Crippen LogP contribution in [-0.4, -0.2) is 10.9 Å². The lowest BCUT2D eigenvalue weighted by atomic mass is 9.89. The van der Waals surface area contributed by atoms with Crippen molar-refractivity contribution in [2.45, 2.75) is 33.1 Å². The molecule has 0 radical (unpaired) electrons. The smallest absolute Gasteiger partial charge is 0.231 e. The first-order valence-corrected chi connectivity index (χ1v) is 10.4. The maximum Gasteiger partial charge on any atom is 0.231 e. The Morgan fingerprint density at radius 1 is 0.966 bits per heavy atom. The molecule has 5 heteroatoms. The van der Waals surface area contributed by atoms with Crippen molar-refractivity contribution >= 4 is 34.8 Å². The number of anilines is 1. The summed E-state index contributed by atoms with van der Waals surface area (Å²) in [6.07, 6.45) is 2.50. The van der Waals surface area contributed by atoms with E-state index < -0.39 is 0 Å². The molecule has 0 aliphatic carbocycles. The fraction of sp³-hybridized carbons (Fsp3) is 0.250. The average molecular weight is 427 g/mol. The third-order valence-electron chi connectivity index (χ3n) is 4.69. The Bertz CT molecular complexity index is 980. The van der Waals surface area contributed by atoms with Gasteiger partial charge in [0.05, 0.1) is 5.92 Å². The van der Waals surface area contributed by atoms with Crippen molar-refractivity contribution in [3.63, 3.8) is 0 Å². The molecular formula is C24H24Cl2N2O. The van der Waals surface area contributed by atoms with Gasteiger partial charge in [0.15, 0.2) is 0 Å². The van der Waals surface area contributed by atoms with Gasteiger partial charge in [-0.3, -0.25) is 9.78 Å². The highest BCUT2D eigenvalue weighted by Crippen LogP contribution is 2.30. The zero-order valence-electron chi connectivity index (χ0n) is 16.7. The molecule has 3 nitrogen and oxygen atoms in total. The number of halogens is 2. The number of pyridine rings is 1. The molecule has 0 aliphatic rings. The van der Waals surface area contributed by atoms with Gasteiger partial charge >= 0.3 is 0 Å². The maximum atomic E-state index is 13.1. The predicted octanol–water partition coefficient (Wildman–Crippen LogP) is 7.13. The van der Waals surface area contributed by atoms with Crippen molar-refractivity contribution < 1.29 is 4.79 Å². The lowest BCUT2D eigenvalue weighted by molar-refractivity contribution is -0.117. The third-order valence-corrected chi connectivity index (χ3v) is 5.13. The van der Waals surface area contributed by atoms with Crippen LogP contribution in [0.25, 0.3) is 11.1 Å². The van der Waals surface area contributed by atoms with Gasteiger partial charge in [-0.2, -0.15) is 0 Å². The topological polar surface area (TPSA) is 42.0 Å². The molecule has 3 rings (SSSR count). The molecule has 1 amide bonds. The minimum atomic E-state index is -0.325. The number of carbonyl (C=O) groups is 1. The summed E-state index contributed by atoms with van der Waals surface area (Å²) in [6, 6.07) is 17.1. The number of carbonyl (C=O) groups excluding carboxylic acids is 1. The first kappa shape index (κ1) is 21.4. The number of rotatable bonds is 6. The van der Waals surface area contributed by atoms with Crippen molar-refractivity contribution in [3.05, 3.63) is 82.1 Å². The summed E-state index contributed by atoms with van der Waals surface area (Å²) in [5.41, 5.74) is 4.73. The van der Waals surface area contributed by atoms with Gasteiger partial charge in [-0.25, -0.2) is 0 Å². The lowest BCUT2D eigenvalue weighted by Gasteiger charge is -2.20. The van der Waals surface area contributed by atoms with Gasteiger partial charge in [0.25, 0.3) is 0 Å². The molecule has 150 valence electrons. The van der Waals surface area contributed by atoms with Crippen LogP contribution in [0.5, 0.6) is 0 Å². The standard InChI is InChI=1S/C24H24Cl2N2O/c1-15(2)10-23(19-12-20(25)14-21(26)13-19)24(29)28-22-6-4-17(5-7-22)18-8-9-27-16(3)11-18/h4-9,11-15,23H,10H2,1-3H3,(H,28,29)/t23-/m0/s1. The number of hydrogen-bond acceptors (Lipinski definition) is 2. The average Bonchev–Trinajstić information content (AvgIpc) is 2.65. The van der Waals surface area contributed by atoms with Gasteiger partial charge in [-0.1, -0.05) is 49.2 Å². The Balaban J connectivity index is 1.80. The summed E-state index contributed by atoms with van der Waals surface area (Å²) < 4.78 is 0. The van der Waals surface area contributed by atoms with Gasteiger partial charge in [0.2, 0.25) is 5.91 Å². The van der Waals surface area contributed by atoms with Crippen LogP contribution in [-0.2, 0) is 4.79 Å². The normalized spacial score (nSPS) is 12.1. The maximum absolute atomic E-state index is 13.1. The van der Waals surface area contributed by atoms with Crippen molar-refractivity contribution in [1.29, 1.82) is 0 Å². The molecule has 0 aliphatic heterocycles. The summed E-state index contributed by atoms with van der Waals surface area (Å²) in [5.74, 6) is -0.0425. The second kappa shape index (κ2) is 9.43. The first-order valence-electron chi connectivity index (χ1n) is 9.62. The molecule has 0 bridgehead atoms. The molecule has 0 unspecified atom stereocenters. The number of hydrogen-bond donors (Lipinski definition) is 1. The van der Waals surface area contributed by atoms with Gasteiger partial charge < -0.3 is 5.32 Å². The van der Waals surface area contributed by atoms with Crippen LogP contribution in [0.15, 0.2) is 60.8 Å². The number of nitrogens with one attached hydrogen (secondary N) is 1. The predicted molar refractivity (Wildman–Crippen MR) is 122 cm³/mol. The van der Waals surface area contributed by atoms with Crippen LogP contribution in [0.4, 0.5) is 5.69 Å². The van der Waals surface area contributed by atoms with E-state index in [0.29, 0.717) is 22.4 Å².